The van der Waals surface area contributed by atoms with Crippen LogP contribution in [0.3, 0.4) is 0 Å². The van der Waals surface area contributed by atoms with E-state index in [0.717, 1.165) is 10.4 Å². The van der Waals surface area contributed by atoms with Gasteiger partial charge in [-0.1, -0.05) is 87.5 Å². The van der Waals surface area contributed by atoms with Gasteiger partial charge in [0.2, 0.25) is 5.91 Å². The van der Waals surface area contributed by atoms with E-state index >= 15 is 0 Å². The Bertz CT molecular complexity index is 969. The van der Waals surface area contributed by atoms with E-state index in [9.17, 15) is 9.59 Å². The minimum atomic E-state index is -2.82. The second-order valence-corrected chi connectivity index (χ2v) is 15.2. The van der Waals surface area contributed by atoms with Crippen LogP contribution in [0.5, 0.6) is 0 Å². The summed E-state index contributed by atoms with van der Waals surface area (Å²) in [6.07, 6.45) is 1.34. The first-order valence-corrected chi connectivity index (χ1v) is 13.7. The number of ether oxygens (including phenoxy) is 1. The van der Waals surface area contributed by atoms with Crippen molar-refractivity contribution in [1.29, 1.82) is 0 Å². The monoisotopic (exact) mass is 479 g/mol. The Hall–Kier alpha value is -2.70. The lowest BCUT2D eigenvalue weighted by molar-refractivity contribution is -0.128. The Morgan fingerprint density at radius 1 is 1.00 bits per heavy atom. The molecule has 0 aromatic heterocycles. The van der Waals surface area contributed by atoms with Gasteiger partial charge >= 0.3 is 6.09 Å². The number of amides is 2. The summed E-state index contributed by atoms with van der Waals surface area (Å²) in [6, 6.07) is 20.2. The van der Waals surface area contributed by atoms with Gasteiger partial charge in [0.05, 0.1) is 12.6 Å². The topological polar surface area (TPSA) is 55.8 Å². The predicted octanol–water partition coefficient (Wildman–Crippen LogP) is 4.90. The van der Waals surface area contributed by atoms with Gasteiger partial charge in [-0.2, -0.15) is 0 Å². The number of imide groups is 1. The molecule has 0 aliphatic carbocycles. The van der Waals surface area contributed by atoms with Gasteiger partial charge in [-0.05, 0) is 36.2 Å². The molecule has 34 heavy (non-hydrogen) atoms. The number of carbonyl (C=O) groups is 2. The van der Waals surface area contributed by atoms with Gasteiger partial charge in [0.25, 0.3) is 8.32 Å². The fourth-order valence-electron chi connectivity index (χ4n) is 4.77. The van der Waals surface area contributed by atoms with E-state index in [1.165, 1.54) is 4.90 Å². The first kappa shape index (κ1) is 25.9. The fourth-order valence-corrected chi connectivity index (χ4v) is 9.35. The highest BCUT2D eigenvalue weighted by Crippen LogP contribution is 2.38. The summed E-state index contributed by atoms with van der Waals surface area (Å²) in [4.78, 5) is 27.1. The van der Waals surface area contributed by atoms with Gasteiger partial charge in [0.15, 0.2) is 0 Å². The SMILES string of the molecule is C=C[C@@H]1CC(=O)N(C(=O)OC(C)(C)C)[C@H]1CO[Si](c1ccccc1)(c1ccccc1)C(C)(C)C. The molecule has 2 aromatic carbocycles. The van der Waals surface area contributed by atoms with Crippen LogP contribution in [0.25, 0.3) is 0 Å². The maximum atomic E-state index is 13.0. The van der Waals surface area contributed by atoms with Gasteiger partial charge in [-0.3, -0.25) is 4.79 Å². The second kappa shape index (κ2) is 9.88. The summed E-state index contributed by atoms with van der Waals surface area (Å²) in [5.74, 6) is -0.451. The third-order valence-corrected chi connectivity index (χ3v) is 11.3. The zero-order chi connectivity index (χ0) is 25.1. The molecule has 3 rings (SSSR count). The van der Waals surface area contributed by atoms with Crippen LogP contribution in [0.15, 0.2) is 73.3 Å². The van der Waals surface area contributed by atoms with E-state index in [2.05, 4.69) is 51.6 Å². The number of rotatable bonds is 6. The molecule has 182 valence electrons. The molecule has 1 fully saturated rings. The molecule has 1 heterocycles. The van der Waals surface area contributed by atoms with Gasteiger partial charge in [-0.15, -0.1) is 6.58 Å². The number of hydrogen-bond donors (Lipinski definition) is 0. The van der Waals surface area contributed by atoms with E-state index in [0.29, 0.717) is 0 Å². The number of hydrogen-bond acceptors (Lipinski definition) is 4. The lowest BCUT2D eigenvalue weighted by Crippen LogP contribution is -2.67. The predicted molar refractivity (Wildman–Crippen MR) is 139 cm³/mol. The van der Waals surface area contributed by atoms with Crippen LogP contribution in [-0.2, 0) is 14.0 Å². The standard InChI is InChI=1S/C28H37NO4Si/c1-8-21-19-25(30)29(26(31)33-27(2,3)4)24(21)20-32-34(28(5,6)7,22-15-11-9-12-16-22)23-17-13-10-14-18-23/h8-18,21,24H,1,19-20H2,2-7H3/t21-,24+/m1/s1. The van der Waals surface area contributed by atoms with Crippen LogP contribution in [0.2, 0.25) is 5.04 Å². The number of nitrogens with zero attached hydrogens (tertiary/aromatic N) is 1. The van der Waals surface area contributed by atoms with Gasteiger partial charge in [0, 0.05) is 12.3 Å². The second-order valence-electron chi connectivity index (χ2n) is 10.9. The van der Waals surface area contributed by atoms with E-state index in [4.69, 9.17) is 9.16 Å². The number of carbonyl (C=O) groups excluding carboxylic acids is 2. The highest BCUT2D eigenvalue weighted by molar-refractivity contribution is 6.99. The fraction of sp³-hybridized carbons (Fsp3) is 0.429. The molecule has 1 saturated heterocycles. The summed E-state index contributed by atoms with van der Waals surface area (Å²) in [7, 11) is -2.82. The molecule has 0 bridgehead atoms. The van der Waals surface area contributed by atoms with Gasteiger partial charge in [-0.25, -0.2) is 9.69 Å². The van der Waals surface area contributed by atoms with Crippen molar-refractivity contribution in [2.75, 3.05) is 6.61 Å². The Kier molecular flexibility index (Phi) is 7.53. The molecular weight excluding hydrogens is 442 g/mol. The van der Waals surface area contributed by atoms with E-state index < -0.39 is 26.1 Å². The van der Waals surface area contributed by atoms with E-state index in [-0.39, 0.29) is 29.9 Å². The lowest BCUT2D eigenvalue weighted by Gasteiger charge is -2.44. The van der Waals surface area contributed by atoms with E-state index in [1.807, 2.05) is 36.4 Å². The summed E-state index contributed by atoms with van der Waals surface area (Å²) in [5, 5.41) is 2.09. The molecule has 2 aromatic rings. The average molecular weight is 480 g/mol. The smallest absolute Gasteiger partial charge is 0.417 e. The van der Waals surface area contributed by atoms with E-state index in [1.54, 1.807) is 26.8 Å². The van der Waals surface area contributed by atoms with Gasteiger partial charge < -0.3 is 9.16 Å². The largest absolute Gasteiger partial charge is 0.443 e. The normalized spacial score (nSPS) is 19.2. The molecule has 0 N–H and O–H groups in total. The van der Waals surface area contributed by atoms with Crippen LogP contribution < -0.4 is 10.4 Å². The molecule has 0 spiro atoms. The van der Waals surface area contributed by atoms with Crippen LogP contribution in [0.4, 0.5) is 4.79 Å². The van der Waals surface area contributed by atoms with Crippen LogP contribution >= 0.6 is 0 Å². The Morgan fingerprint density at radius 2 is 1.50 bits per heavy atom. The van der Waals surface area contributed by atoms with Crippen molar-refractivity contribution in [3.8, 4) is 0 Å². The molecule has 0 unspecified atom stereocenters. The van der Waals surface area contributed by atoms with Crippen molar-refractivity contribution in [2.45, 2.75) is 64.6 Å². The van der Waals surface area contributed by atoms with Crippen molar-refractivity contribution in [2.24, 2.45) is 5.92 Å². The molecule has 5 nitrogen and oxygen atoms in total. The molecule has 1 aliphatic heterocycles. The minimum absolute atomic E-state index is 0.196. The zero-order valence-electron chi connectivity index (χ0n) is 21.2. The Labute approximate surface area is 204 Å². The molecule has 0 saturated carbocycles. The minimum Gasteiger partial charge on any atom is -0.443 e. The Balaban J connectivity index is 2.05. The molecule has 0 radical (unpaired) electrons. The first-order valence-electron chi connectivity index (χ1n) is 11.8. The molecule has 2 atom stereocenters. The third-order valence-electron chi connectivity index (χ3n) is 6.29. The lowest BCUT2D eigenvalue weighted by atomic mass is 10.0. The van der Waals surface area contributed by atoms with Crippen molar-refractivity contribution >= 4 is 30.7 Å². The van der Waals surface area contributed by atoms with Crippen LogP contribution in [-0.4, -0.2) is 43.5 Å². The van der Waals surface area contributed by atoms with Crippen LogP contribution in [0, 0.1) is 5.92 Å². The highest BCUT2D eigenvalue weighted by atomic mass is 28.4. The molecule has 2 amide bonds. The molecule has 1 aliphatic rings. The zero-order valence-corrected chi connectivity index (χ0v) is 22.2. The van der Waals surface area contributed by atoms with Crippen molar-refractivity contribution in [1.82, 2.24) is 4.90 Å². The third kappa shape index (κ3) is 5.18. The van der Waals surface area contributed by atoms with Crippen molar-refractivity contribution in [3.63, 3.8) is 0 Å². The van der Waals surface area contributed by atoms with Gasteiger partial charge in [0.1, 0.15) is 5.60 Å². The average Bonchev–Trinajstić information content (AvgIpc) is 3.09. The summed E-state index contributed by atoms with van der Waals surface area (Å²) < 4.78 is 12.6. The maximum Gasteiger partial charge on any atom is 0.417 e. The quantitative estimate of drug-likeness (QED) is 0.437. The highest BCUT2D eigenvalue weighted by Gasteiger charge is 2.52. The first-order chi connectivity index (χ1) is 15.9. The number of likely N-dealkylation sites (tertiary alicyclic amines) is 1. The van der Waals surface area contributed by atoms with Crippen molar-refractivity contribution < 1.29 is 18.8 Å². The molecular formula is C28H37NO4Si. The summed E-state index contributed by atoms with van der Waals surface area (Å²) in [5.41, 5.74) is -0.701. The molecule has 6 heteroatoms. The van der Waals surface area contributed by atoms with Crippen molar-refractivity contribution in [3.05, 3.63) is 73.3 Å². The Morgan fingerprint density at radius 3 is 1.91 bits per heavy atom. The maximum absolute atomic E-state index is 13.0. The summed E-state index contributed by atoms with van der Waals surface area (Å²) in [6.45, 7) is 16.1. The number of benzene rings is 2. The summed E-state index contributed by atoms with van der Waals surface area (Å²) >= 11 is 0. The van der Waals surface area contributed by atoms with Crippen LogP contribution in [0.1, 0.15) is 48.0 Å².